The van der Waals surface area contributed by atoms with Crippen molar-refractivity contribution in [3.8, 4) is 0 Å². The lowest BCUT2D eigenvalue weighted by Crippen LogP contribution is -2.33. The van der Waals surface area contributed by atoms with E-state index in [1.54, 1.807) is 12.1 Å². The van der Waals surface area contributed by atoms with Crippen molar-refractivity contribution >= 4 is 33.2 Å². The van der Waals surface area contributed by atoms with Crippen molar-refractivity contribution in [1.29, 1.82) is 0 Å². The largest absolute Gasteiger partial charge is 0.228 e. The molecule has 1 saturated carbocycles. The Balaban J connectivity index is 2.16. The van der Waals surface area contributed by atoms with Crippen LogP contribution in [0.1, 0.15) is 18.4 Å². The zero-order valence-corrected chi connectivity index (χ0v) is 11.5. The highest BCUT2D eigenvalue weighted by Gasteiger charge is 2.36. The molecule has 0 spiro atoms. The Morgan fingerprint density at radius 3 is 2.29 bits per heavy atom. The molecule has 17 heavy (non-hydrogen) atoms. The third-order valence-corrected chi connectivity index (χ3v) is 5.20. The van der Waals surface area contributed by atoms with Gasteiger partial charge in [-0.05, 0) is 30.5 Å². The van der Waals surface area contributed by atoms with E-state index < -0.39 is 10.0 Å². The third-order valence-electron chi connectivity index (χ3n) is 2.70. The summed E-state index contributed by atoms with van der Waals surface area (Å²) in [6, 6.07) is 7.31. The highest BCUT2D eigenvalue weighted by molar-refractivity contribution is 7.90. The van der Waals surface area contributed by atoms with Crippen molar-refractivity contribution in [3.05, 3.63) is 34.9 Å². The van der Waals surface area contributed by atoms with Crippen molar-refractivity contribution in [2.24, 2.45) is 0 Å². The van der Waals surface area contributed by atoms with Crippen LogP contribution < -0.4 is 0 Å². The molecule has 1 aliphatic rings. The topological polar surface area (TPSA) is 37.4 Å². The second kappa shape index (κ2) is 5.14. The molecule has 1 aromatic carbocycles. The molecular formula is C11H13Cl2NO2S. The zero-order chi connectivity index (χ0) is 12.5. The Hall–Kier alpha value is -0.290. The van der Waals surface area contributed by atoms with Gasteiger partial charge in [0.2, 0.25) is 10.0 Å². The first-order valence-corrected chi connectivity index (χ1v) is 7.85. The van der Waals surface area contributed by atoms with Gasteiger partial charge in [0.15, 0.2) is 0 Å². The monoisotopic (exact) mass is 293 g/mol. The average Bonchev–Trinajstić information content (AvgIpc) is 3.12. The fraction of sp³-hybridized carbons (Fsp3) is 0.455. The van der Waals surface area contributed by atoms with Crippen LogP contribution in [0.2, 0.25) is 5.02 Å². The van der Waals surface area contributed by atoms with Crippen LogP contribution in [0.4, 0.5) is 0 Å². The fourth-order valence-electron chi connectivity index (χ4n) is 1.65. The molecule has 0 N–H and O–H groups in total. The van der Waals surface area contributed by atoms with E-state index in [1.807, 2.05) is 12.1 Å². The molecule has 0 radical (unpaired) electrons. The highest BCUT2D eigenvalue weighted by Crippen LogP contribution is 2.31. The molecule has 0 saturated heterocycles. The summed E-state index contributed by atoms with van der Waals surface area (Å²) in [5, 5.41) is 0.281. The maximum atomic E-state index is 11.8. The Morgan fingerprint density at radius 2 is 1.82 bits per heavy atom. The van der Waals surface area contributed by atoms with Crippen LogP contribution in [0.3, 0.4) is 0 Å². The van der Waals surface area contributed by atoms with Crippen LogP contribution in [0.5, 0.6) is 0 Å². The van der Waals surface area contributed by atoms with Crippen LogP contribution in [-0.4, -0.2) is 24.0 Å². The van der Waals surface area contributed by atoms with Gasteiger partial charge in [0.05, 0.1) is 0 Å². The van der Waals surface area contributed by atoms with Crippen molar-refractivity contribution in [2.45, 2.75) is 25.4 Å². The van der Waals surface area contributed by atoms with E-state index in [2.05, 4.69) is 0 Å². The number of hydrogen-bond donors (Lipinski definition) is 0. The van der Waals surface area contributed by atoms with Crippen LogP contribution in [-0.2, 0) is 16.6 Å². The number of alkyl halides is 1. The van der Waals surface area contributed by atoms with Crippen LogP contribution in [0.25, 0.3) is 0 Å². The average molecular weight is 294 g/mol. The van der Waals surface area contributed by atoms with Crippen LogP contribution in [0, 0.1) is 0 Å². The number of hydrogen-bond acceptors (Lipinski definition) is 2. The van der Waals surface area contributed by atoms with E-state index in [1.165, 1.54) is 4.31 Å². The summed E-state index contributed by atoms with van der Waals surface area (Å²) in [6.45, 7) is 0.372. The third kappa shape index (κ3) is 3.35. The highest BCUT2D eigenvalue weighted by atomic mass is 35.5. The van der Waals surface area contributed by atoms with E-state index in [4.69, 9.17) is 23.2 Å². The Kier molecular flexibility index (Phi) is 3.98. The quantitative estimate of drug-likeness (QED) is 0.783. The lowest BCUT2D eigenvalue weighted by molar-refractivity contribution is 0.401. The predicted octanol–water partition coefficient (Wildman–Crippen LogP) is 2.83. The van der Waals surface area contributed by atoms with Gasteiger partial charge in [0.25, 0.3) is 0 Å². The Morgan fingerprint density at radius 1 is 1.24 bits per heavy atom. The maximum absolute atomic E-state index is 11.8. The van der Waals surface area contributed by atoms with Gasteiger partial charge < -0.3 is 0 Å². The van der Waals surface area contributed by atoms with Gasteiger partial charge in [-0.25, -0.2) is 8.42 Å². The molecule has 0 amide bonds. The summed E-state index contributed by atoms with van der Waals surface area (Å²) < 4.78 is 25.1. The molecule has 6 heteroatoms. The molecule has 1 aliphatic carbocycles. The summed E-state index contributed by atoms with van der Waals surface area (Å²) in [5.74, 6) is 0. The van der Waals surface area contributed by atoms with Gasteiger partial charge in [-0.3, -0.25) is 0 Å². The molecule has 3 nitrogen and oxygen atoms in total. The summed E-state index contributed by atoms with van der Waals surface area (Å²) in [5.41, 5.74) is 0.926. The maximum Gasteiger partial charge on any atom is 0.228 e. The smallest absolute Gasteiger partial charge is 0.211 e. The molecule has 0 aromatic heterocycles. The van der Waals surface area contributed by atoms with Gasteiger partial charge >= 0.3 is 0 Å². The van der Waals surface area contributed by atoms with Gasteiger partial charge in [-0.2, -0.15) is 4.31 Å². The SMILES string of the molecule is O=S(=O)(CCl)N(Cc1ccc(Cl)cc1)C1CC1. The lowest BCUT2D eigenvalue weighted by Gasteiger charge is -2.20. The van der Waals surface area contributed by atoms with Gasteiger partial charge in [-0.1, -0.05) is 23.7 Å². The van der Waals surface area contributed by atoms with Gasteiger partial charge in [0.1, 0.15) is 5.21 Å². The number of nitrogens with zero attached hydrogens (tertiary/aromatic N) is 1. The van der Waals surface area contributed by atoms with Crippen LogP contribution >= 0.6 is 23.2 Å². The first-order valence-electron chi connectivity index (χ1n) is 5.33. The summed E-state index contributed by atoms with van der Waals surface area (Å²) in [4.78, 5) is 0. The second-order valence-corrected chi connectivity index (χ2v) is 7.07. The predicted molar refractivity (Wildman–Crippen MR) is 69.7 cm³/mol. The summed E-state index contributed by atoms with van der Waals surface area (Å²) >= 11 is 11.3. The van der Waals surface area contributed by atoms with Crippen molar-refractivity contribution in [1.82, 2.24) is 4.31 Å². The molecule has 0 aliphatic heterocycles. The molecule has 94 valence electrons. The lowest BCUT2D eigenvalue weighted by atomic mass is 10.2. The minimum absolute atomic E-state index is 0.120. The Labute approximate surface area is 111 Å². The van der Waals surface area contributed by atoms with Crippen molar-refractivity contribution in [2.75, 3.05) is 5.21 Å². The molecule has 0 bridgehead atoms. The number of benzene rings is 1. The molecule has 0 atom stereocenters. The minimum Gasteiger partial charge on any atom is -0.211 e. The second-order valence-electron chi connectivity index (χ2n) is 4.12. The minimum atomic E-state index is -3.34. The van der Waals surface area contributed by atoms with E-state index in [0.29, 0.717) is 11.6 Å². The van der Waals surface area contributed by atoms with Crippen molar-refractivity contribution < 1.29 is 8.42 Å². The zero-order valence-electron chi connectivity index (χ0n) is 9.14. The van der Waals surface area contributed by atoms with Gasteiger partial charge in [-0.15, -0.1) is 11.6 Å². The summed E-state index contributed by atoms with van der Waals surface area (Å²) in [7, 11) is -3.34. The van der Waals surface area contributed by atoms with Crippen molar-refractivity contribution in [3.63, 3.8) is 0 Å². The first kappa shape index (κ1) is 13.1. The van der Waals surface area contributed by atoms with Crippen LogP contribution in [0.15, 0.2) is 24.3 Å². The van der Waals surface area contributed by atoms with E-state index >= 15 is 0 Å². The normalized spacial score (nSPS) is 16.4. The summed E-state index contributed by atoms with van der Waals surface area (Å²) in [6.07, 6.45) is 1.84. The molecular weight excluding hydrogens is 281 g/mol. The molecule has 0 unspecified atom stereocenters. The molecule has 0 heterocycles. The van der Waals surface area contributed by atoms with E-state index in [9.17, 15) is 8.42 Å². The molecule has 1 fully saturated rings. The Bertz CT molecular complexity index is 483. The number of rotatable bonds is 5. The molecule has 2 rings (SSSR count). The standard InChI is InChI=1S/C11H13Cl2NO2S/c12-8-17(15,16)14(11-5-6-11)7-9-1-3-10(13)4-2-9/h1-4,11H,5-8H2. The first-order chi connectivity index (χ1) is 8.03. The van der Waals surface area contributed by atoms with E-state index in [0.717, 1.165) is 18.4 Å². The molecule has 1 aromatic rings. The number of sulfonamides is 1. The van der Waals surface area contributed by atoms with E-state index in [-0.39, 0.29) is 11.3 Å². The van der Waals surface area contributed by atoms with Gasteiger partial charge in [0, 0.05) is 17.6 Å². The number of halogens is 2. The fourth-order valence-corrected chi connectivity index (χ4v) is 3.29.